The van der Waals surface area contributed by atoms with E-state index in [1.165, 1.54) is 51.8 Å². The van der Waals surface area contributed by atoms with E-state index in [9.17, 15) is 0 Å². The van der Waals surface area contributed by atoms with Gasteiger partial charge in [-0.3, -0.25) is 0 Å². The predicted octanol–water partition coefficient (Wildman–Crippen LogP) is 5.78. The van der Waals surface area contributed by atoms with Crippen molar-refractivity contribution in [2.24, 2.45) is 0 Å². The standard InChI is InChI=1S/C23H25N3S/c1-15-4-3-10-26(15)11-9-20-13-19-12-17(5-7-21(19)25-20)18-6-8-23-22(14-18)24-16(2)27-23/h5-8,12-15,25H,3-4,9-11H2,1-2H3/t15-/m1/s1. The fourth-order valence-electron chi connectivity index (χ4n) is 4.32. The van der Waals surface area contributed by atoms with Gasteiger partial charge in [0.25, 0.3) is 0 Å². The molecule has 3 nitrogen and oxygen atoms in total. The van der Waals surface area contributed by atoms with E-state index in [0.717, 1.165) is 29.5 Å². The number of benzene rings is 2. The van der Waals surface area contributed by atoms with Crippen molar-refractivity contribution in [2.45, 2.75) is 39.2 Å². The van der Waals surface area contributed by atoms with Crippen molar-refractivity contribution < 1.29 is 0 Å². The second-order valence-corrected chi connectivity index (χ2v) is 9.02. The summed E-state index contributed by atoms with van der Waals surface area (Å²) in [6.45, 7) is 6.83. The van der Waals surface area contributed by atoms with Gasteiger partial charge in [-0.1, -0.05) is 12.1 Å². The van der Waals surface area contributed by atoms with Crippen LogP contribution in [-0.4, -0.2) is 34.0 Å². The average molecular weight is 376 g/mol. The van der Waals surface area contributed by atoms with Crippen LogP contribution in [0.4, 0.5) is 0 Å². The molecule has 0 amide bonds. The van der Waals surface area contributed by atoms with Gasteiger partial charge < -0.3 is 9.88 Å². The number of aromatic amines is 1. The summed E-state index contributed by atoms with van der Waals surface area (Å²) in [5, 5.41) is 2.42. The highest BCUT2D eigenvalue weighted by atomic mass is 32.1. The van der Waals surface area contributed by atoms with Crippen LogP contribution >= 0.6 is 11.3 Å². The summed E-state index contributed by atoms with van der Waals surface area (Å²) in [6.07, 6.45) is 3.79. The van der Waals surface area contributed by atoms with Crippen LogP contribution in [0.1, 0.15) is 30.5 Å². The Labute approximate surface area is 164 Å². The van der Waals surface area contributed by atoms with E-state index in [2.05, 4.69) is 71.2 Å². The number of hydrogen-bond donors (Lipinski definition) is 1. The van der Waals surface area contributed by atoms with E-state index in [1.807, 2.05) is 0 Å². The van der Waals surface area contributed by atoms with Crippen molar-refractivity contribution in [3.63, 3.8) is 0 Å². The normalized spacial score (nSPS) is 18.1. The lowest BCUT2D eigenvalue weighted by atomic mass is 10.0. The van der Waals surface area contributed by atoms with Gasteiger partial charge in [0.05, 0.1) is 15.2 Å². The summed E-state index contributed by atoms with van der Waals surface area (Å²) in [4.78, 5) is 10.9. The summed E-state index contributed by atoms with van der Waals surface area (Å²) >= 11 is 1.76. The lowest BCUT2D eigenvalue weighted by Gasteiger charge is -2.20. The zero-order chi connectivity index (χ0) is 18.4. The minimum atomic E-state index is 0.741. The molecule has 1 aliphatic heterocycles. The minimum absolute atomic E-state index is 0.741. The van der Waals surface area contributed by atoms with Crippen LogP contribution in [0.25, 0.3) is 32.2 Å². The molecule has 0 aliphatic carbocycles. The number of aryl methyl sites for hydroxylation is 1. The van der Waals surface area contributed by atoms with Gasteiger partial charge in [0.1, 0.15) is 0 Å². The molecule has 138 valence electrons. The molecule has 3 heterocycles. The van der Waals surface area contributed by atoms with Gasteiger partial charge >= 0.3 is 0 Å². The van der Waals surface area contributed by atoms with Crippen molar-refractivity contribution >= 4 is 32.5 Å². The molecule has 2 aromatic carbocycles. The molecular formula is C23H25N3S. The maximum Gasteiger partial charge on any atom is 0.0907 e. The molecule has 1 fully saturated rings. The zero-order valence-corrected chi connectivity index (χ0v) is 16.8. The number of thiazole rings is 1. The molecule has 4 aromatic rings. The number of hydrogen-bond acceptors (Lipinski definition) is 3. The first-order chi connectivity index (χ1) is 13.2. The molecule has 1 N–H and O–H groups in total. The molecule has 0 unspecified atom stereocenters. The van der Waals surface area contributed by atoms with Crippen molar-refractivity contribution in [3.05, 3.63) is 53.2 Å². The number of H-pyrrole nitrogens is 1. The maximum absolute atomic E-state index is 4.64. The Bertz CT molecular complexity index is 1110. The van der Waals surface area contributed by atoms with Crippen molar-refractivity contribution in [1.82, 2.24) is 14.9 Å². The van der Waals surface area contributed by atoms with E-state index in [1.54, 1.807) is 11.3 Å². The summed E-state index contributed by atoms with van der Waals surface area (Å²) in [6, 6.07) is 16.4. The van der Waals surface area contributed by atoms with Gasteiger partial charge in [-0.25, -0.2) is 4.98 Å². The molecule has 1 aliphatic rings. The monoisotopic (exact) mass is 375 g/mol. The highest BCUT2D eigenvalue weighted by molar-refractivity contribution is 7.18. The second kappa shape index (κ2) is 6.77. The van der Waals surface area contributed by atoms with Crippen LogP contribution in [0.2, 0.25) is 0 Å². The fraction of sp³-hybridized carbons (Fsp3) is 0.348. The smallest absolute Gasteiger partial charge is 0.0907 e. The number of nitrogens with one attached hydrogen (secondary N) is 1. The predicted molar refractivity (Wildman–Crippen MR) is 116 cm³/mol. The van der Waals surface area contributed by atoms with Gasteiger partial charge in [0, 0.05) is 35.6 Å². The summed E-state index contributed by atoms with van der Waals surface area (Å²) in [5.41, 5.74) is 6.17. The first kappa shape index (κ1) is 17.0. The van der Waals surface area contributed by atoms with Crippen LogP contribution in [0, 0.1) is 6.92 Å². The summed E-state index contributed by atoms with van der Waals surface area (Å²) in [7, 11) is 0. The molecule has 0 saturated carbocycles. The number of likely N-dealkylation sites (tertiary alicyclic amines) is 1. The summed E-state index contributed by atoms with van der Waals surface area (Å²) in [5.74, 6) is 0. The summed E-state index contributed by atoms with van der Waals surface area (Å²) < 4.78 is 1.26. The number of rotatable bonds is 4. The van der Waals surface area contributed by atoms with E-state index >= 15 is 0 Å². The number of aromatic nitrogens is 2. The van der Waals surface area contributed by atoms with Gasteiger partial charge in [-0.2, -0.15) is 0 Å². The molecule has 0 radical (unpaired) electrons. The third-order valence-corrected chi connectivity index (χ3v) is 6.82. The van der Waals surface area contributed by atoms with Crippen LogP contribution in [0.15, 0.2) is 42.5 Å². The van der Waals surface area contributed by atoms with Crippen molar-refractivity contribution in [1.29, 1.82) is 0 Å². The molecule has 0 spiro atoms. The lowest BCUT2D eigenvalue weighted by Crippen LogP contribution is -2.29. The molecule has 27 heavy (non-hydrogen) atoms. The topological polar surface area (TPSA) is 31.9 Å². The Balaban J connectivity index is 1.40. The average Bonchev–Trinajstić information content (AvgIpc) is 3.35. The van der Waals surface area contributed by atoms with Crippen LogP contribution < -0.4 is 0 Å². The Kier molecular flexibility index (Phi) is 4.25. The molecule has 1 saturated heterocycles. The Morgan fingerprint density at radius 2 is 2.00 bits per heavy atom. The molecule has 0 bridgehead atoms. The largest absolute Gasteiger partial charge is 0.358 e. The molecule has 4 heteroatoms. The quantitative estimate of drug-likeness (QED) is 0.490. The van der Waals surface area contributed by atoms with Crippen molar-refractivity contribution in [2.75, 3.05) is 13.1 Å². The number of fused-ring (bicyclic) bond motifs is 2. The van der Waals surface area contributed by atoms with Crippen LogP contribution in [-0.2, 0) is 6.42 Å². The van der Waals surface area contributed by atoms with Crippen LogP contribution in [0.5, 0.6) is 0 Å². The Morgan fingerprint density at radius 1 is 1.15 bits per heavy atom. The first-order valence-electron chi connectivity index (χ1n) is 9.89. The molecular weight excluding hydrogens is 350 g/mol. The maximum atomic E-state index is 4.64. The fourth-order valence-corrected chi connectivity index (χ4v) is 5.13. The first-order valence-corrected chi connectivity index (χ1v) is 10.7. The van der Waals surface area contributed by atoms with Crippen molar-refractivity contribution in [3.8, 4) is 11.1 Å². The Morgan fingerprint density at radius 3 is 2.85 bits per heavy atom. The zero-order valence-electron chi connectivity index (χ0n) is 16.0. The van der Waals surface area contributed by atoms with Gasteiger partial charge in [-0.05, 0) is 74.7 Å². The minimum Gasteiger partial charge on any atom is -0.358 e. The Hall–Kier alpha value is -2.17. The molecule has 5 rings (SSSR count). The molecule has 2 aromatic heterocycles. The number of nitrogens with zero attached hydrogens (tertiary/aromatic N) is 2. The third kappa shape index (κ3) is 3.28. The highest BCUT2D eigenvalue weighted by Crippen LogP contribution is 2.30. The van der Waals surface area contributed by atoms with E-state index in [0.29, 0.717) is 0 Å². The SMILES string of the molecule is Cc1nc2cc(-c3ccc4[nH]c(CCN5CCC[C@H]5C)cc4c3)ccc2s1. The van der Waals surface area contributed by atoms with Gasteiger partial charge in [0.15, 0.2) is 0 Å². The van der Waals surface area contributed by atoms with E-state index in [-0.39, 0.29) is 0 Å². The highest BCUT2D eigenvalue weighted by Gasteiger charge is 2.19. The molecule has 1 atom stereocenters. The lowest BCUT2D eigenvalue weighted by molar-refractivity contribution is 0.271. The van der Waals surface area contributed by atoms with E-state index < -0.39 is 0 Å². The third-order valence-electron chi connectivity index (χ3n) is 5.86. The van der Waals surface area contributed by atoms with Gasteiger partial charge in [0.2, 0.25) is 0 Å². The van der Waals surface area contributed by atoms with E-state index in [4.69, 9.17) is 0 Å². The van der Waals surface area contributed by atoms with Crippen LogP contribution in [0.3, 0.4) is 0 Å². The second-order valence-electron chi connectivity index (χ2n) is 7.79. The van der Waals surface area contributed by atoms with Gasteiger partial charge in [-0.15, -0.1) is 11.3 Å².